The first-order valence-electron chi connectivity index (χ1n) is 5.87. The molecular formula is C14H13NO4S. The highest BCUT2D eigenvalue weighted by Crippen LogP contribution is 2.11. The van der Waals surface area contributed by atoms with Crippen LogP contribution in [0.4, 0.5) is 5.69 Å². The van der Waals surface area contributed by atoms with Gasteiger partial charge in [0.25, 0.3) is 16.0 Å². The Labute approximate surface area is 117 Å². The van der Waals surface area contributed by atoms with Gasteiger partial charge in [-0.15, -0.1) is 0 Å². The zero-order valence-corrected chi connectivity index (χ0v) is 11.3. The van der Waals surface area contributed by atoms with Crippen LogP contribution in [0.5, 0.6) is 0 Å². The third kappa shape index (κ3) is 3.91. The number of carbonyl (C=O) groups is 1. The minimum atomic E-state index is -3.91. The second-order valence-corrected chi connectivity index (χ2v) is 5.56. The Morgan fingerprint density at radius 1 is 0.950 bits per heavy atom. The molecular weight excluding hydrogens is 278 g/mol. The van der Waals surface area contributed by atoms with Crippen LogP contribution >= 0.6 is 0 Å². The number of hydrogen-bond donors (Lipinski definition) is 1. The molecule has 0 atom stereocenters. The molecule has 5 nitrogen and oxygen atoms in total. The number of para-hydroxylation sites is 1. The molecule has 0 heterocycles. The Kier molecular flexibility index (Phi) is 4.49. The average molecular weight is 291 g/mol. The molecule has 0 unspecified atom stereocenters. The monoisotopic (exact) mass is 291 g/mol. The van der Waals surface area contributed by atoms with Gasteiger partial charge in [-0.25, -0.2) is 0 Å². The van der Waals surface area contributed by atoms with E-state index in [0.29, 0.717) is 5.69 Å². The summed E-state index contributed by atoms with van der Waals surface area (Å²) in [5, 5.41) is 2.54. The van der Waals surface area contributed by atoms with E-state index in [-0.39, 0.29) is 4.90 Å². The molecule has 0 saturated heterocycles. The van der Waals surface area contributed by atoms with Gasteiger partial charge in [0.1, 0.15) is 6.61 Å². The molecule has 0 fully saturated rings. The minimum absolute atomic E-state index is 0.0208. The van der Waals surface area contributed by atoms with Crippen LogP contribution in [0.15, 0.2) is 65.6 Å². The van der Waals surface area contributed by atoms with Crippen LogP contribution in [-0.4, -0.2) is 20.9 Å². The predicted molar refractivity (Wildman–Crippen MR) is 74.7 cm³/mol. The van der Waals surface area contributed by atoms with Crippen LogP contribution in [0.25, 0.3) is 0 Å². The number of carbonyl (C=O) groups excluding carboxylic acids is 1. The van der Waals surface area contributed by atoms with Gasteiger partial charge in [0.15, 0.2) is 0 Å². The first kappa shape index (κ1) is 14.2. The zero-order valence-electron chi connectivity index (χ0n) is 10.5. The molecule has 2 aromatic carbocycles. The van der Waals surface area contributed by atoms with Gasteiger partial charge in [0, 0.05) is 5.69 Å². The molecule has 0 radical (unpaired) electrons. The predicted octanol–water partition coefficient (Wildman–Crippen LogP) is 2.03. The summed E-state index contributed by atoms with van der Waals surface area (Å²) in [6, 6.07) is 16.4. The molecule has 0 bridgehead atoms. The standard InChI is InChI=1S/C14H13NO4S/c16-14(15-12-7-3-1-4-8-12)11-19-20(17,18)13-9-5-2-6-10-13/h1-10H,11H2,(H,15,16). The first-order valence-corrected chi connectivity index (χ1v) is 7.28. The van der Waals surface area contributed by atoms with Crippen LogP contribution in [0.3, 0.4) is 0 Å². The van der Waals surface area contributed by atoms with Crippen molar-refractivity contribution in [3.63, 3.8) is 0 Å². The Bertz CT molecular complexity index is 669. The Hall–Kier alpha value is -2.18. The van der Waals surface area contributed by atoms with E-state index in [1.54, 1.807) is 42.5 Å². The average Bonchev–Trinajstić information content (AvgIpc) is 2.47. The van der Waals surface area contributed by atoms with Gasteiger partial charge in [-0.05, 0) is 24.3 Å². The van der Waals surface area contributed by atoms with E-state index in [4.69, 9.17) is 4.18 Å². The fourth-order valence-electron chi connectivity index (χ4n) is 1.50. The summed E-state index contributed by atoms with van der Waals surface area (Å²) in [6.45, 7) is -0.563. The summed E-state index contributed by atoms with van der Waals surface area (Å²) in [6.07, 6.45) is 0. The molecule has 2 aromatic rings. The van der Waals surface area contributed by atoms with Crippen LogP contribution in [0.2, 0.25) is 0 Å². The Morgan fingerprint density at radius 2 is 1.50 bits per heavy atom. The van der Waals surface area contributed by atoms with Crippen molar-refractivity contribution in [3.05, 3.63) is 60.7 Å². The quantitative estimate of drug-likeness (QED) is 0.856. The minimum Gasteiger partial charge on any atom is -0.324 e. The molecule has 0 spiro atoms. The smallest absolute Gasteiger partial charge is 0.297 e. The van der Waals surface area contributed by atoms with E-state index < -0.39 is 22.6 Å². The van der Waals surface area contributed by atoms with Crippen molar-refractivity contribution < 1.29 is 17.4 Å². The van der Waals surface area contributed by atoms with Crippen LogP contribution < -0.4 is 5.32 Å². The van der Waals surface area contributed by atoms with E-state index in [9.17, 15) is 13.2 Å². The Balaban J connectivity index is 1.94. The molecule has 6 heteroatoms. The van der Waals surface area contributed by atoms with Crippen molar-refractivity contribution in [1.82, 2.24) is 0 Å². The maximum absolute atomic E-state index is 11.8. The first-order chi connectivity index (χ1) is 9.58. The number of benzene rings is 2. The van der Waals surface area contributed by atoms with Gasteiger partial charge >= 0.3 is 0 Å². The summed E-state index contributed by atoms with van der Waals surface area (Å²) in [7, 11) is -3.91. The topological polar surface area (TPSA) is 72.5 Å². The maximum Gasteiger partial charge on any atom is 0.297 e. The highest BCUT2D eigenvalue weighted by molar-refractivity contribution is 7.86. The number of anilines is 1. The maximum atomic E-state index is 11.8. The van der Waals surface area contributed by atoms with E-state index >= 15 is 0 Å². The summed E-state index contributed by atoms with van der Waals surface area (Å²) in [5.41, 5.74) is 0.582. The molecule has 0 saturated carbocycles. The summed E-state index contributed by atoms with van der Waals surface area (Å²) >= 11 is 0. The molecule has 2 rings (SSSR count). The van der Waals surface area contributed by atoms with Gasteiger partial charge in [-0.1, -0.05) is 36.4 Å². The van der Waals surface area contributed by atoms with Crippen molar-refractivity contribution >= 4 is 21.7 Å². The lowest BCUT2D eigenvalue weighted by molar-refractivity contribution is -0.118. The van der Waals surface area contributed by atoms with Crippen molar-refractivity contribution in [1.29, 1.82) is 0 Å². The highest BCUT2D eigenvalue weighted by atomic mass is 32.2. The van der Waals surface area contributed by atoms with Crippen molar-refractivity contribution in [2.24, 2.45) is 0 Å². The fraction of sp³-hybridized carbons (Fsp3) is 0.0714. The van der Waals surface area contributed by atoms with E-state index in [0.717, 1.165) is 0 Å². The lowest BCUT2D eigenvalue weighted by Crippen LogP contribution is -2.21. The second kappa shape index (κ2) is 6.31. The normalized spacial score (nSPS) is 11.0. The lowest BCUT2D eigenvalue weighted by atomic mass is 10.3. The van der Waals surface area contributed by atoms with Gasteiger partial charge in [-0.2, -0.15) is 8.42 Å². The summed E-state index contributed by atoms with van der Waals surface area (Å²) in [4.78, 5) is 11.6. The van der Waals surface area contributed by atoms with Gasteiger partial charge in [0.05, 0.1) is 4.90 Å². The van der Waals surface area contributed by atoms with Crippen LogP contribution in [-0.2, 0) is 19.1 Å². The van der Waals surface area contributed by atoms with Crippen molar-refractivity contribution in [2.45, 2.75) is 4.90 Å². The molecule has 0 aliphatic rings. The fourth-order valence-corrected chi connectivity index (χ4v) is 2.39. The molecule has 1 N–H and O–H groups in total. The summed E-state index contributed by atoms with van der Waals surface area (Å²) < 4.78 is 28.3. The number of hydrogen-bond acceptors (Lipinski definition) is 4. The van der Waals surface area contributed by atoms with E-state index in [1.165, 1.54) is 12.1 Å². The molecule has 20 heavy (non-hydrogen) atoms. The van der Waals surface area contributed by atoms with Gasteiger partial charge in [0.2, 0.25) is 0 Å². The third-order valence-corrected chi connectivity index (χ3v) is 3.71. The third-order valence-electron chi connectivity index (χ3n) is 2.43. The molecule has 1 amide bonds. The summed E-state index contributed by atoms with van der Waals surface area (Å²) in [5.74, 6) is -0.532. The molecule has 0 aliphatic carbocycles. The van der Waals surface area contributed by atoms with Gasteiger partial charge in [-0.3, -0.25) is 8.98 Å². The van der Waals surface area contributed by atoms with Crippen LogP contribution in [0.1, 0.15) is 0 Å². The SMILES string of the molecule is O=C(COS(=O)(=O)c1ccccc1)Nc1ccccc1. The van der Waals surface area contributed by atoms with Gasteiger partial charge < -0.3 is 5.32 Å². The Morgan fingerprint density at radius 3 is 2.10 bits per heavy atom. The van der Waals surface area contributed by atoms with Crippen LogP contribution in [0, 0.1) is 0 Å². The molecule has 0 aliphatic heterocycles. The largest absolute Gasteiger partial charge is 0.324 e. The second-order valence-electron chi connectivity index (χ2n) is 3.94. The lowest BCUT2D eigenvalue weighted by Gasteiger charge is -2.06. The van der Waals surface area contributed by atoms with E-state index in [2.05, 4.69) is 5.32 Å². The number of nitrogens with one attached hydrogen (secondary N) is 1. The molecule has 104 valence electrons. The van der Waals surface area contributed by atoms with Crippen molar-refractivity contribution in [3.8, 4) is 0 Å². The highest BCUT2D eigenvalue weighted by Gasteiger charge is 2.16. The number of rotatable bonds is 5. The van der Waals surface area contributed by atoms with E-state index in [1.807, 2.05) is 6.07 Å². The number of amides is 1. The van der Waals surface area contributed by atoms with Crippen molar-refractivity contribution in [2.75, 3.05) is 11.9 Å². The molecule has 0 aromatic heterocycles. The zero-order chi connectivity index (χ0) is 14.4.